The summed E-state index contributed by atoms with van der Waals surface area (Å²) in [6.07, 6.45) is 0. The Morgan fingerprint density at radius 2 is 1.28 bits per heavy atom. The predicted molar refractivity (Wildman–Crippen MR) is 138 cm³/mol. The van der Waals surface area contributed by atoms with E-state index in [0.717, 1.165) is 5.56 Å². The fourth-order valence-electron chi connectivity index (χ4n) is 4.11. The largest absolute Gasteiger partial charge is 0.504 e. The number of phenols is 2. The third-order valence-electron chi connectivity index (χ3n) is 5.82. The Hall–Kier alpha value is -4.52. The molecule has 0 aliphatic rings. The van der Waals surface area contributed by atoms with Gasteiger partial charge in [-0.15, -0.1) is 0 Å². The first-order valence-corrected chi connectivity index (χ1v) is 11.2. The number of phenolic OH excluding ortho intramolecular Hbond substituents is 2. The molecule has 0 spiro atoms. The lowest BCUT2D eigenvalue weighted by molar-refractivity contribution is 0.289. The van der Waals surface area contributed by atoms with Crippen LogP contribution in [0.15, 0.2) is 72.8 Å². The maximum atomic E-state index is 11.3. The van der Waals surface area contributed by atoms with Gasteiger partial charge in [0.2, 0.25) is 0 Å². The fraction of sp³-hybridized carbons (Fsp3) is 0.172. The van der Waals surface area contributed by atoms with Crippen LogP contribution in [0.1, 0.15) is 5.56 Å². The number of methoxy groups -OCH3 is 4. The summed E-state index contributed by atoms with van der Waals surface area (Å²) in [6, 6.07) is 21.7. The number of benzene rings is 4. The van der Waals surface area contributed by atoms with E-state index in [1.165, 1.54) is 20.3 Å². The monoisotopic (exact) mass is 488 g/mol. The molecule has 7 nitrogen and oxygen atoms in total. The molecule has 0 aromatic heterocycles. The first-order valence-electron chi connectivity index (χ1n) is 11.2. The van der Waals surface area contributed by atoms with Crippen molar-refractivity contribution in [3.8, 4) is 62.5 Å². The van der Waals surface area contributed by atoms with Crippen molar-refractivity contribution < 1.29 is 33.9 Å². The quantitative estimate of drug-likeness (QED) is 0.297. The van der Waals surface area contributed by atoms with E-state index in [1.807, 2.05) is 36.4 Å². The molecule has 4 aromatic carbocycles. The van der Waals surface area contributed by atoms with E-state index < -0.39 is 0 Å². The lowest BCUT2D eigenvalue weighted by Crippen LogP contribution is -1.99. The van der Waals surface area contributed by atoms with Gasteiger partial charge in [0.15, 0.2) is 23.0 Å². The van der Waals surface area contributed by atoms with Gasteiger partial charge in [0.1, 0.15) is 23.9 Å². The second-order valence-corrected chi connectivity index (χ2v) is 7.88. The Kier molecular flexibility index (Phi) is 7.39. The summed E-state index contributed by atoms with van der Waals surface area (Å²) in [4.78, 5) is 0. The summed E-state index contributed by atoms with van der Waals surface area (Å²) in [5.74, 6) is 1.75. The van der Waals surface area contributed by atoms with Gasteiger partial charge in [0.25, 0.3) is 0 Å². The molecule has 0 unspecified atom stereocenters. The molecule has 7 heteroatoms. The molecular formula is C29H28O7. The highest BCUT2D eigenvalue weighted by Gasteiger charge is 2.26. The molecule has 0 aliphatic carbocycles. The first kappa shape index (κ1) is 24.6. The van der Waals surface area contributed by atoms with Crippen molar-refractivity contribution in [3.63, 3.8) is 0 Å². The standard InChI is InChI=1S/C29H28O7/c1-32-23-11-8-12-24(33-2)27(23)20-16-25(34-3)26(28(31)29(20)35-4)19-13-14-22(21(30)15-19)36-17-18-9-6-5-7-10-18/h5-16,30-31H,17H2,1-4H3. The van der Waals surface area contributed by atoms with Crippen LogP contribution in [0.2, 0.25) is 0 Å². The minimum atomic E-state index is -0.155. The van der Waals surface area contributed by atoms with E-state index in [-0.39, 0.29) is 17.2 Å². The van der Waals surface area contributed by atoms with Crippen molar-refractivity contribution in [2.75, 3.05) is 28.4 Å². The van der Waals surface area contributed by atoms with Crippen molar-refractivity contribution in [2.24, 2.45) is 0 Å². The van der Waals surface area contributed by atoms with Crippen LogP contribution in [0, 0.1) is 0 Å². The normalized spacial score (nSPS) is 10.6. The minimum Gasteiger partial charge on any atom is -0.504 e. The summed E-state index contributed by atoms with van der Waals surface area (Å²) in [7, 11) is 6.08. The predicted octanol–water partition coefficient (Wildman–Crippen LogP) is 6.05. The summed E-state index contributed by atoms with van der Waals surface area (Å²) in [5, 5.41) is 22.0. The highest BCUT2D eigenvalue weighted by atomic mass is 16.5. The van der Waals surface area contributed by atoms with Crippen LogP contribution in [0.5, 0.6) is 40.2 Å². The van der Waals surface area contributed by atoms with Gasteiger partial charge >= 0.3 is 0 Å². The number of ether oxygens (including phenoxy) is 5. The van der Waals surface area contributed by atoms with Gasteiger partial charge in [-0.2, -0.15) is 0 Å². The zero-order valence-corrected chi connectivity index (χ0v) is 20.6. The van der Waals surface area contributed by atoms with Gasteiger partial charge in [-0.1, -0.05) is 42.5 Å². The third-order valence-corrected chi connectivity index (χ3v) is 5.82. The van der Waals surface area contributed by atoms with Crippen LogP contribution in [0.25, 0.3) is 22.3 Å². The molecule has 0 heterocycles. The third kappa shape index (κ3) is 4.68. The molecule has 4 aromatic rings. The van der Waals surface area contributed by atoms with E-state index in [0.29, 0.717) is 51.9 Å². The van der Waals surface area contributed by atoms with Crippen molar-refractivity contribution >= 4 is 0 Å². The Balaban J connectivity index is 1.79. The molecule has 4 rings (SSSR count). The average Bonchev–Trinajstić information content (AvgIpc) is 2.91. The summed E-state index contributed by atoms with van der Waals surface area (Å²) in [5.41, 5.74) is 2.99. The molecule has 2 N–H and O–H groups in total. The molecule has 0 saturated carbocycles. The molecule has 0 bridgehead atoms. The molecule has 0 fully saturated rings. The molecule has 0 saturated heterocycles. The second-order valence-electron chi connectivity index (χ2n) is 7.88. The van der Waals surface area contributed by atoms with Gasteiger partial charge in [0, 0.05) is 5.56 Å². The van der Waals surface area contributed by atoms with Crippen LogP contribution in [0.3, 0.4) is 0 Å². The highest BCUT2D eigenvalue weighted by molar-refractivity contribution is 5.91. The smallest absolute Gasteiger partial charge is 0.170 e. The average molecular weight is 489 g/mol. The summed E-state index contributed by atoms with van der Waals surface area (Å²) < 4.78 is 28.2. The van der Waals surface area contributed by atoms with Gasteiger partial charge in [-0.3, -0.25) is 0 Å². The van der Waals surface area contributed by atoms with E-state index in [9.17, 15) is 10.2 Å². The maximum Gasteiger partial charge on any atom is 0.170 e. The Bertz CT molecular complexity index is 1330. The van der Waals surface area contributed by atoms with E-state index in [1.54, 1.807) is 44.6 Å². The van der Waals surface area contributed by atoms with Crippen molar-refractivity contribution in [1.82, 2.24) is 0 Å². The minimum absolute atomic E-state index is 0.0701. The zero-order chi connectivity index (χ0) is 25.7. The van der Waals surface area contributed by atoms with Crippen LogP contribution < -0.4 is 23.7 Å². The van der Waals surface area contributed by atoms with Crippen LogP contribution in [0.4, 0.5) is 0 Å². The second kappa shape index (κ2) is 10.8. The van der Waals surface area contributed by atoms with Gasteiger partial charge in [-0.25, -0.2) is 0 Å². The molecule has 0 radical (unpaired) electrons. The molecule has 0 aliphatic heterocycles. The molecule has 36 heavy (non-hydrogen) atoms. The summed E-state index contributed by atoms with van der Waals surface area (Å²) in [6.45, 7) is 0.311. The Morgan fingerprint density at radius 3 is 1.86 bits per heavy atom. The molecule has 0 atom stereocenters. The SMILES string of the molecule is COc1cccc(OC)c1-c1cc(OC)c(-c2ccc(OCc3ccccc3)c(O)c2)c(O)c1OC. The Morgan fingerprint density at radius 1 is 0.611 bits per heavy atom. The van der Waals surface area contributed by atoms with Crippen molar-refractivity contribution in [1.29, 1.82) is 0 Å². The molecular weight excluding hydrogens is 460 g/mol. The molecule has 186 valence electrons. The number of hydrogen-bond donors (Lipinski definition) is 2. The maximum absolute atomic E-state index is 11.3. The number of hydrogen-bond acceptors (Lipinski definition) is 7. The highest BCUT2D eigenvalue weighted by Crippen LogP contribution is 2.53. The van der Waals surface area contributed by atoms with Crippen molar-refractivity contribution in [2.45, 2.75) is 6.61 Å². The van der Waals surface area contributed by atoms with Gasteiger partial charge in [-0.05, 0) is 41.5 Å². The lowest BCUT2D eigenvalue weighted by atomic mass is 9.95. The van der Waals surface area contributed by atoms with Gasteiger partial charge in [0.05, 0.1) is 39.6 Å². The van der Waals surface area contributed by atoms with Crippen LogP contribution >= 0.6 is 0 Å². The van der Waals surface area contributed by atoms with Crippen LogP contribution in [-0.4, -0.2) is 38.7 Å². The summed E-state index contributed by atoms with van der Waals surface area (Å²) >= 11 is 0. The first-order chi connectivity index (χ1) is 17.5. The molecule has 0 amide bonds. The fourth-order valence-corrected chi connectivity index (χ4v) is 4.11. The van der Waals surface area contributed by atoms with E-state index in [2.05, 4.69) is 0 Å². The Labute approximate surface area is 210 Å². The van der Waals surface area contributed by atoms with Crippen molar-refractivity contribution in [3.05, 3.63) is 78.4 Å². The van der Waals surface area contributed by atoms with E-state index >= 15 is 0 Å². The van der Waals surface area contributed by atoms with Crippen LogP contribution in [-0.2, 0) is 6.61 Å². The van der Waals surface area contributed by atoms with E-state index in [4.69, 9.17) is 23.7 Å². The topological polar surface area (TPSA) is 86.6 Å². The zero-order valence-electron chi connectivity index (χ0n) is 20.6. The van der Waals surface area contributed by atoms with Gasteiger partial charge < -0.3 is 33.9 Å². The number of rotatable bonds is 9. The number of aromatic hydroxyl groups is 2. The lowest BCUT2D eigenvalue weighted by Gasteiger charge is -2.20.